The third-order valence-corrected chi connectivity index (χ3v) is 6.67. The van der Waals surface area contributed by atoms with Crippen LogP contribution in [0.1, 0.15) is 36.0 Å². The number of sulfonamides is 1. The van der Waals surface area contributed by atoms with E-state index in [-0.39, 0.29) is 10.8 Å². The van der Waals surface area contributed by atoms with Gasteiger partial charge in [0.25, 0.3) is 10.0 Å². The Kier molecular flexibility index (Phi) is 4.71. The average Bonchev–Trinajstić information content (AvgIpc) is 2.96. The van der Waals surface area contributed by atoms with Crippen molar-refractivity contribution in [3.8, 4) is 0 Å². The summed E-state index contributed by atoms with van der Waals surface area (Å²) in [6.07, 6.45) is 2.48. The normalized spacial score (nSPS) is 20.4. The summed E-state index contributed by atoms with van der Waals surface area (Å²) in [6, 6.07) is 12.3. The Balaban J connectivity index is 1.66. The van der Waals surface area contributed by atoms with Crippen molar-refractivity contribution in [1.29, 1.82) is 0 Å². The second-order valence-electron chi connectivity index (χ2n) is 7.40. The number of nitrogens with one attached hydrogen (secondary N) is 1. The summed E-state index contributed by atoms with van der Waals surface area (Å²) in [5, 5.41) is 3.03. The lowest BCUT2D eigenvalue weighted by Crippen LogP contribution is -2.50. The van der Waals surface area contributed by atoms with Crippen LogP contribution in [0.25, 0.3) is 0 Å². The van der Waals surface area contributed by atoms with E-state index in [4.69, 9.17) is 0 Å². The minimum absolute atomic E-state index is 0.127. The molecule has 0 aliphatic carbocycles. The zero-order chi connectivity index (χ0) is 19.9. The third-order valence-electron chi connectivity index (χ3n) is 5.34. The molecule has 6 nitrogen and oxygen atoms in total. The number of anilines is 1. The largest absolute Gasteiger partial charge is 0.343 e. The van der Waals surface area contributed by atoms with Gasteiger partial charge in [-0.3, -0.25) is 4.79 Å². The zero-order valence-corrected chi connectivity index (χ0v) is 16.8. The van der Waals surface area contributed by atoms with Crippen LogP contribution in [0.15, 0.2) is 51.8 Å². The standard InChI is InChI=1S/C21H23N3O3S/c1-14-10-11-15(2)17(13-14)22-21(25)18-8-5-6-12-24(18)20-16-7-3-4-9-19(16)28(26,27)23-20/h3-4,7,9-11,13,18H,5-6,8,12H2,1-2H3,(H,22,25)/t18-/m0/s1. The number of fused-ring (bicyclic) bond motifs is 1. The fraction of sp³-hybridized carbons (Fsp3) is 0.333. The summed E-state index contributed by atoms with van der Waals surface area (Å²) in [6.45, 7) is 4.54. The van der Waals surface area contributed by atoms with Gasteiger partial charge in [0.15, 0.2) is 5.84 Å². The molecule has 7 heteroatoms. The van der Waals surface area contributed by atoms with E-state index in [9.17, 15) is 13.2 Å². The van der Waals surface area contributed by atoms with E-state index < -0.39 is 16.1 Å². The number of likely N-dealkylation sites (tertiary alicyclic amines) is 1. The highest BCUT2D eigenvalue weighted by molar-refractivity contribution is 7.90. The summed E-state index contributed by atoms with van der Waals surface area (Å²) in [7, 11) is -3.71. The molecular formula is C21H23N3O3S. The molecule has 1 amide bonds. The maximum Gasteiger partial charge on any atom is 0.285 e. The first-order chi connectivity index (χ1) is 13.4. The molecule has 1 N–H and O–H groups in total. The van der Waals surface area contributed by atoms with Crippen LogP contribution in [0.4, 0.5) is 5.69 Å². The van der Waals surface area contributed by atoms with Crippen molar-refractivity contribution in [2.75, 3.05) is 11.9 Å². The molecule has 2 aliphatic rings. The number of hydrogen-bond donors (Lipinski definition) is 1. The molecule has 1 atom stereocenters. The Hall–Kier alpha value is -2.67. The van der Waals surface area contributed by atoms with E-state index in [0.717, 1.165) is 29.7 Å². The predicted octanol–water partition coefficient (Wildman–Crippen LogP) is 3.25. The van der Waals surface area contributed by atoms with Gasteiger partial charge in [-0.15, -0.1) is 4.40 Å². The molecule has 0 unspecified atom stereocenters. The van der Waals surface area contributed by atoms with Crippen LogP contribution in [0, 0.1) is 13.8 Å². The molecule has 1 saturated heterocycles. The van der Waals surface area contributed by atoms with Crippen LogP contribution in [-0.2, 0) is 14.8 Å². The lowest BCUT2D eigenvalue weighted by atomic mass is 9.99. The molecule has 2 aliphatic heterocycles. The smallest absolute Gasteiger partial charge is 0.285 e. The first-order valence-electron chi connectivity index (χ1n) is 9.46. The number of amides is 1. The van der Waals surface area contributed by atoms with Gasteiger partial charge in [0.2, 0.25) is 5.91 Å². The summed E-state index contributed by atoms with van der Waals surface area (Å²) in [5.74, 6) is 0.259. The van der Waals surface area contributed by atoms with Gasteiger partial charge in [-0.05, 0) is 62.4 Å². The molecule has 1 fully saturated rings. The van der Waals surface area contributed by atoms with Gasteiger partial charge in [0.05, 0.1) is 0 Å². The van der Waals surface area contributed by atoms with Crippen LogP contribution >= 0.6 is 0 Å². The lowest BCUT2D eigenvalue weighted by molar-refractivity contribution is -0.120. The Morgan fingerprint density at radius 1 is 1.14 bits per heavy atom. The summed E-state index contributed by atoms with van der Waals surface area (Å²) in [4.78, 5) is 15.2. The first kappa shape index (κ1) is 18.7. The van der Waals surface area contributed by atoms with Crippen molar-refractivity contribution in [1.82, 2.24) is 4.90 Å². The number of carbonyl (C=O) groups is 1. The van der Waals surface area contributed by atoms with Gasteiger partial charge >= 0.3 is 0 Å². The quantitative estimate of drug-likeness (QED) is 0.844. The van der Waals surface area contributed by atoms with E-state index in [1.807, 2.05) is 36.9 Å². The van der Waals surface area contributed by atoms with E-state index in [2.05, 4.69) is 9.71 Å². The lowest BCUT2D eigenvalue weighted by Gasteiger charge is -2.36. The molecule has 2 aromatic carbocycles. The molecule has 2 aromatic rings. The molecule has 4 rings (SSSR count). The Morgan fingerprint density at radius 2 is 1.93 bits per heavy atom. The second-order valence-corrected chi connectivity index (χ2v) is 8.97. The fourth-order valence-corrected chi connectivity index (χ4v) is 5.06. The monoisotopic (exact) mass is 397 g/mol. The van der Waals surface area contributed by atoms with Gasteiger partial charge in [-0.2, -0.15) is 8.42 Å². The maximum absolute atomic E-state index is 13.1. The zero-order valence-electron chi connectivity index (χ0n) is 16.0. The highest BCUT2D eigenvalue weighted by Gasteiger charge is 2.38. The summed E-state index contributed by atoms with van der Waals surface area (Å²) >= 11 is 0. The minimum atomic E-state index is -3.71. The first-order valence-corrected chi connectivity index (χ1v) is 10.9. The topological polar surface area (TPSA) is 78.8 Å². The van der Waals surface area contributed by atoms with Crippen LogP contribution in [0.5, 0.6) is 0 Å². The Bertz CT molecular complexity index is 1080. The van der Waals surface area contributed by atoms with Crippen molar-refractivity contribution in [3.63, 3.8) is 0 Å². The molecule has 0 spiro atoms. The van der Waals surface area contributed by atoms with Gasteiger partial charge in [0.1, 0.15) is 10.9 Å². The van der Waals surface area contributed by atoms with Gasteiger partial charge in [-0.25, -0.2) is 0 Å². The van der Waals surface area contributed by atoms with E-state index in [0.29, 0.717) is 24.4 Å². The summed E-state index contributed by atoms with van der Waals surface area (Å²) in [5.41, 5.74) is 3.43. The van der Waals surface area contributed by atoms with Crippen LogP contribution < -0.4 is 5.32 Å². The molecule has 0 bridgehead atoms. The second kappa shape index (κ2) is 7.05. The number of nitrogens with zero attached hydrogens (tertiary/aromatic N) is 2. The number of carbonyl (C=O) groups excluding carboxylic acids is 1. The highest BCUT2D eigenvalue weighted by Crippen LogP contribution is 2.31. The van der Waals surface area contributed by atoms with Crippen molar-refractivity contribution in [3.05, 3.63) is 59.2 Å². The van der Waals surface area contributed by atoms with Crippen molar-refractivity contribution >= 4 is 27.5 Å². The van der Waals surface area contributed by atoms with Gasteiger partial charge in [-0.1, -0.05) is 24.3 Å². The number of piperidine rings is 1. The SMILES string of the molecule is Cc1ccc(C)c(NC(=O)[C@@H]2CCCCN2C2=NS(=O)(=O)c3ccccc32)c1. The highest BCUT2D eigenvalue weighted by atomic mass is 32.2. The van der Waals surface area contributed by atoms with Crippen molar-refractivity contribution in [2.24, 2.45) is 4.40 Å². The Labute approximate surface area is 165 Å². The minimum Gasteiger partial charge on any atom is -0.343 e. The molecule has 2 heterocycles. The summed E-state index contributed by atoms with van der Waals surface area (Å²) < 4.78 is 28.9. The number of benzene rings is 2. The van der Waals surface area contributed by atoms with E-state index in [1.165, 1.54) is 0 Å². The number of aryl methyl sites for hydroxylation is 2. The van der Waals surface area contributed by atoms with Crippen LogP contribution in [0.2, 0.25) is 0 Å². The van der Waals surface area contributed by atoms with Gasteiger partial charge in [0, 0.05) is 17.8 Å². The molecular weight excluding hydrogens is 374 g/mol. The van der Waals surface area contributed by atoms with Crippen LogP contribution in [-0.4, -0.2) is 37.6 Å². The fourth-order valence-electron chi connectivity index (χ4n) is 3.84. The number of hydrogen-bond acceptors (Lipinski definition) is 4. The third kappa shape index (κ3) is 3.30. The van der Waals surface area contributed by atoms with Crippen molar-refractivity contribution in [2.45, 2.75) is 44.0 Å². The van der Waals surface area contributed by atoms with Crippen molar-refractivity contribution < 1.29 is 13.2 Å². The number of amidine groups is 1. The van der Waals surface area contributed by atoms with Crippen LogP contribution in [0.3, 0.4) is 0 Å². The molecule has 28 heavy (non-hydrogen) atoms. The molecule has 0 saturated carbocycles. The maximum atomic E-state index is 13.1. The predicted molar refractivity (Wildman–Crippen MR) is 109 cm³/mol. The van der Waals surface area contributed by atoms with E-state index in [1.54, 1.807) is 24.3 Å². The average molecular weight is 398 g/mol. The Morgan fingerprint density at radius 3 is 2.75 bits per heavy atom. The molecule has 0 radical (unpaired) electrons. The van der Waals surface area contributed by atoms with E-state index >= 15 is 0 Å². The van der Waals surface area contributed by atoms with Gasteiger partial charge < -0.3 is 10.2 Å². The number of rotatable bonds is 2. The molecule has 146 valence electrons. The molecule has 0 aromatic heterocycles.